The van der Waals surface area contributed by atoms with Crippen LogP contribution in [0.5, 0.6) is 11.5 Å². The van der Waals surface area contributed by atoms with E-state index in [1.54, 1.807) is 42.5 Å². The number of rotatable bonds is 7. The number of carbonyl (C=O) groups excluding carboxylic acids is 2. The van der Waals surface area contributed by atoms with E-state index in [0.29, 0.717) is 22.6 Å². The van der Waals surface area contributed by atoms with Gasteiger partial charge in [-0.3, -0.25) is 14.4 Å². The van der Waals surface area contributed by atoms with Crippen molar-refractivity contribution in [2.75, 3.05) is 13.3 Å². The summed E-state index contributed by atoms with van der Waals surface area (Å²) in [5.41, 5.74) is 0.931. The number of halogens is 1. The average molecular weight is 461 g/mol. The molecule has 8 nitrogen and oxygen atoms in total. The SMILES string of the molecule is O=C(O)CCNC(=O)C(=Cc1ccc2c(c1)OCO2)NC(=O)c1cccc(Br)c1. The number of hydrogen-bond donors (Lipinski definition) is 3. The lowest BCUT2D eigenvalue weighted by molar-refractivity contribution is -0.136. The van der Waals surface area contributed by atoms with Crippen LogP contribution in [0.1, 0.15) is 22.3 Å². The van der Waals surface area contributed by atoms with Crippen LogP contribution in [0.15, 0.2) is 52.6 Å². The largest absolute Gasteiger partial charge is 0.481 e. The molecule has 3 N–H and O–H groups in total. The molecular formula is C20H17BrN2O6. The molecule has 1 heterocycles. The molecular weight excluding hydrogens is 444 g/mol. The number of benzene rings is 2. The molecule has 2 amide bonds. The first-order chi connectivity index (χ1) is 13.9. The van der Waals surface area contributed by atoms with E-state index < -0.39 is 17.8 Å². The number of nitrogens with one attached hydrogen (secondary N) is 2. The molecule has 0 aromatic heterocycles. The fourth-order valence-corrected chi connectivity index (χ4v) is 2.93. The van der Waals surface area contributed by atoms with Crippen LogP contribution in [0.4, 0.5) is 0 Å². The zero-order valence-corrected chi connectivity index (χ0v) is 16.7. The van der Waals surface area contributed by atoms with Gasteiger partial charge in [0.1, 0.15) is 5.70 Å². The Bertz CT molecular complexity index is 989. The maximum atomic E-state index is 12.6. The van der Waals surface area contributed by atoms with Crippen LogP contribution in [0.2, 0.25) is 0 Å². The van der Waals surface area contributed by atoms with E-state index in [2.05, 4.69) is 26.6 Å². The molecule has 0 radical (unpaired) electrons. The summed E-state index contributed by atoms with van der Waals surface area (Å²) in [7, 11) is 0. The second-order valence-electron chi connectivity index (χ2n) is 6.03. The molecule has 0 bridgehead atoms. The second kappa shape index (κ2) is 9.24. The van der Waals surface area contributed by atoms with Crippen LogP contribution < -0.4 is 20.1 Å². The van der Waals surface area contributed by atoms with Crippen molar-refractivity contribution >= 4 is 39.8 Å². The third-order valence-electron chi connectivity index (χ3n) is 3.91. The average Bonchev–Trinajstić information content (AvgIpc) is 3.15. The summed E-state index contributed by atoms with van der Waals surface area (Å²) < 4.78 is 11.3. The topological polar surface area (TPSA) is 114 Å². The fourth-order valence-electron chi connectivity index (χ4n) is 2.53. The summed E-state index contributed by atoms with van der Waals surface area (Å²) in [5.74, 6) is -1.00. The molecule has 0 saturated heterocycles. The minimum Gasteiger partial charge on any atom is -0.481 e. The van der Waals surface area contributed by atoms with Gasteiger partial charge in [0.15, 0.2) is 11.5 Å². The lowest BCUT2D eigenvalue weighted by atomic mass is 10.1. The van der Waals surface area contributed by atoms with E-state index in [1.807, 2.05) is 0 Å². The second-order valence-corrected chi connectivity index (χ2v) is 6.95. The van der Waals surface area contributed by atoms with Crippen LogP contribution >= 0.6 is 15.9 Å². The summed E-state index contributed by atoms with van der Waals surface area (Å²) >= 11 is 3.30. The third kappa shape index (κ3) is 5.58. The van der Waals surface area contributed by atoms with Gasteiger partial charge in [-0.1, -0.05) is 28.1 Å². The Morgan fingerprint density at radius 3 is 2.66 bits per heavy atom. The molecule has 2 aromatic carbocycles. The number of hydrogen-bond acceptors (Lipinski definition) is 5. The summed E-state index contributed by atoms with van der Waals surface area (Å²) in [6.07, 6.45) is 1.25. The third-order valence-corrected chi connectivity index (χ3v) is 4.40. The normalized spacial score (nSPS) is 12.4. The Hall–Kier alpha value is -3.33. The molecule has 29 heavy (non-hydrogen) atoms. The number of carboxylic acids is 1. The minimum atomic E-state index is -1.04. The highest BCUT2D eigenvalue weighted by molar-refractivity contribution is 9.10. The Labute approximate surface area is 174 Å². The highest BCUT2D eigenvalue weighted by Gasteiger charge is 2.17. The Morgan fingerprint density at radius 2 is 1.90 bits per heavy atom. The summed E-state index contributed by atoms with van der Waals surface area (Å²) in [6, 6.07) is 11.8. The zero-order chi connectivity index (χ0) is 20.8. The van der Waals surface area contributed by atoms with Gasteiger partial charge in [-0.05, 0) is 42.0 Å². The highest BCUT2D eigenvalue weighted by Crippen LogP contribution is 2.33. The van der Waals surface area contributed by atoms with E-state index >= 15 is 0 Å². The Balaban J connectivity index is 1.83. The van der Waals surface area contributed by atoms with Crippen LogP contribution in [0.25, 0.3) is 6.08 Å². The molecule has 1 aliphatic rings. The summed E-state index contributed by atoms with van der Waals surface area (Å²) in [4.78, 5) is 35.8. The van der Waals surface area contributed by atoms with Crippen molar-refractivity contribution in [2.45, 2.75) is 6.42 Å². The number of carbonyl (C=O) groups is 3. The lowest BCUT2D eigenvalue weighted by Crippen LogP contribution is -2.35. The van der Waals surface area contributed by atoms with E-state index in [4.69, 9.17) is 14.6 Å². The molecule has 3 rings (SSSR count). The monoisotopic (exact) mass is 460 g/mol. The zero-order valence-electron chi connectivity index (χ0n) is 15.1. The van der Waals surface area contributed by atoms with E-state index in [0.717, 1.165) is 4.47 Å². The molecule has 0 unspecified atom stereocenters. The van der Waals surface area contributed by atoms with Crippen molar-refractivity contribution in [3.63, 3.8) is 0 Å². The minimum absolute atomic E-state index is 0.0285. The summed E-state index contributed by atoms with van der Waals surface area (Å²) in [6.45, 7) is 0.0457. The molecule has 9 heteroatoms. The van der Waals surface area contributed by atoms with Gasteiger partial charge in [0.25, 0.3) is 11.8 Å². The van der Waals surface area contributed by atoms with Gasteiger partial charge in [-0.25, -0.2) is 0 Å². The van der Waals surface area contributed by atoms with Gasteiger partial charge >= 0.3 is 5.97 Å². The number of amides is 2. The molecule has 150 valence electrons. The van der Waals surface area contributed by atoms with Gasteiger partial charge in [-0.15, -0.1) is 0 Å². The molecule has 0 spiro atoms. The molecule has 0 saturated carbocycles. The maximum Gasteiger partial charge on any atom is 0.305 e. The van der Waals surface area contributed by atoms with E-state index in [1.165, 1.54) is 6.08 Å². The van der Waals surface area contributed by atoms with Crippen molar-refractivity contribution in [1.29, 1.82) is 0 Å². The van der Waals surface area contributed by atoms with Crippen molar-refractivity contribution in [2.24, 2.45) is 0 Å². The number of ether oxygens (including phenoxy) is 2. The predicted molar refractivity (Wildman–Crippen MR) is 107 cm³/mol. The molecule has 1 aliphatic heterocycles. The van der Waals surface area contributed by atoms with E-state index in [-0.39, 0.29) is 25.5 Å². The van der Waals surface area contributed by atoms with Crippen molar-refractivity contribution < 1.29 is 29.0 Å². The first-order valence-corrected chi connectivity index (χ1v) is 9.40. The number of carboxylic acid groups (broad SMARTS) is 1. The van der Waals surface area contributed by atoms with Crippen molar-refractivity contribution in [3.8, 4) is 11.5 Å². The quantitative estimate of drug-likeness (QED) is 0.547. The maximum absolute atomic E-state index is 12.6. The number of fused-ring (bicyclic) bond motifs is 1. The lowest BCUT2D eigenvalue weighted by Gasteiger charge is -2.11. The molecule has 0 aliphatic carbocycles. The van der Waals surface area contributed by atoms with Gasteiger partial charge in [0, 0.05) is 16.6 Å². The van der Waals surface area contributed by atoms with Gasteiger partial charge < -0.3 is 25.2 Å². The van der Waals surface area contributed by atoms with Gasteiger partial charge in [0.05, 0.1) is 6.42 Å². The highest BCUT2D eigenvalue weighted by atomic mass is 79.9. The summed E-state index contributed by atoms with van der Waals surface area (Å²) in [5, 5.41) is 13.8. The molecule has 0 fully saturated rings. The number of aliphatic carboxylic acids is 1. The first-order valence-electron chi connectivity index (χ1n) is 8.60. The van der Waals surface area contributed by atoms with Gasteiger partial charge in [0.2, 0.25) is 6.79 Å². The predicted octanol–water partition coefficient (Wildman–Crippen LogP) is 2.54. The Kier molecular flexibility index (Phi) is 6.50. The van der Waals surface area contributed by atoms with Gasteiger partial charge in [-0.2, -0.15) is 0 Å². The van der Waals surface area contributed by atoms with Crippen LogP contribution in [0, 0.1) is 0 Å². The smallest absolute Gasteiger partial charge is 0.305 e. The first kappa shape index (κ1) is 20.4. The standard InChI is InChI=1S/C20H17BrN2O6/c21-14-3-1-2-13(10-14)19(26)23-15(20(27)22-7-6-18(24)25)8-12-4-5-16-17(9-12)29-11-28-16/h1-5,8-10H,6-7,11H2,(H,22,27)(H,23,26)(H,24,25). The molecule has 2 aromatic rings. The van der Waals surface area contributed by atoms with Crippen molar-refractivity contribution in [1.82, 2.24) is 10.6 Å². The Morgan fingerprint density at radius 1 is 1.10 bits per heavy atom. The van der Waals surface area contributed by atoms with Crippen LogP contribution in [-0.4, -0.2) is 36.2 Å². The fraction of sp³-hybridized carbons (Fsp3) is 0.150. The van der Waals surface area contributed by atoms with E-state index in [9.17, 15) is 14.4 Å². The van der Waals surface area contributed by atoms with Crippen molar-refractivity contribution in [3.05, 3.63) is 63.8 Å². The van der Waals surface area contributed by atoms with Crippen LogP contribution in [-0.2, 0) is 9.59 Å². The van der Waals surface area contributed by atoms with Crippen LogP contribution in [0.3, 0.4) is 0 Å². The molecule has 0 atom stereocenters.